The highest BCUT2D eigenvalue weighted by molar-refractivity contribution is 6.37. The van der Waals surface area contributed by atoms with Crippen LogP contribution in [0.1, 0.15) is 6.42 Å². The topological polar surface area (TPSA) is 70.6 Å². The van der Waals surface area contributed by atoms with E-state index in [0.29, 0.717) is 27.9 Å². The first-order valence-corrected chi connectivity index (χ1v) is 7.18. The van der Waals surface area contributed by atoms with Crippen LogP contribution in [0.4, 0.5) is 10.5 Å². The van der Waals surface area contributed by atoms with Gasteiger partial charge in [0.1, 0.15) is 0 Å². The minimum atomic E-state index is -0.361. The van der Waals surface area contributed by atoms with Gasteiger partial charge in [0, 0.05) is 24.3 Å². The summed E-state index contributed by atoms with van der Waals surface area (Å²) >= 11 is 12.0. The van der Waals surface area contributed by atoms with Gasteiger partial charge in [0.15, 0.2) is 5.75 Å². The predicted molar refractivity (Wildman–Crippen MR) is 83.3 cm³/mol. The molecule has 21 heavy (non-hydrogen) atoms. The van der Waals surface area contributed by atoms with Crippen molar-refractivity contribution in [3.63, 3.8) is 0 Å². The van der Waals surface area contributed by atoms with Gasteiger partial charge in [0.05, 0.1) is 17.2 Å². The molecule has 0 fully saturated rings. The number of aliphatic hydroxyl groups is 1. The number of amides is 2. The smallest absolute Gasteiger partial charge is 0.319 e. The highest BCUT2D eigenvalue weighted by atomic mass is 35.5. The van der Waals surface area contributed by atoms with Crippen LogP contribution in [0.5, 0.6) is 5.75 Å². The highest BCUT2D eigenvalue weighted by Gasteiger charge is 2.20. The minimum Gasteiger partial charge on any atom is -0.494 e. The van der Waals surface area contributed by atoms with Crippen LogP contribution in [-0.4, -0.2) is 30.9 Å². The van der Waals surface area contributed by atoms with Gasteiger partial charge in [-0.25, -0.2) is 4.79 Å². The lowest BCUT2D eigenvalue weighted by molar-refractivity contribution is 0.238. The number of ether oxygens (including phenoxy) is 1. The Morgan fingerprint density at radius 1 is 1.38 bits per heavy atom. The number of carbonyl (C=O) groups is 1. The number of rotatable bonds is 4. The molecular formula is C14H16Cl2N2O3. The number of carbonyl (C=O) groups excluding carboxylic acids is 1. The number of urea groups is 1. The Balaban J connectivity index is 1.96. The van der Waals surface area contributed by atoms with E-state index in [-0.39, 0.29) is 24.6 Å². The molecule has 0 saturated heterocycles. The van der Waals surface area contributed by atoms with E-state index in [1.165, 1.54) is 7.11 Å². The molecule has 1 aromatic carbocycles. The molecule has 2 atom stereocenters. The molecule has 114 valence electrons. The largest absolute Gasteiger partial charge is 0.494 e. The van der Waals surface area contributed by atoms with E-state index >= 15 is 0 Å². The van der Waals surface area contributed by atoms with Crippen molar-refractivity contribution in [2.75, 3.05) is 19.0 Å². The number of hydrogen-bond acceptors (Lipinski definition) is 3. The molecule has 1 aromatic rings. The minimum absolute atomic E-state index is 0.0833. The van der Waals surface area contributed by atoms with E-state index in [2.05, 4.69) is 10.6 Å². The summed E-state index contributed by atoms with van der Waals surface area (Å²) in [5.74, 6) is 0.467. The molecule has 1 aliphatic carbocycles. The van der Waals surface area contributed by atoms with Crippen LogP contribution < -0.4 is 15.4 Å². The first-order valence-electron chi connectivity index (χ1n) is 6.43. The van der Waals surface area contributed by atoms with Gasteiger partial charge in [0.2, 0.25) is 0 Å². The van der Waals surface area contributed by atoms with Gasteiger partial charge in [0.25, 0.3) is 0 Å². The molecule has 0 unspecified atom stereocenters. The van der Waals surface area contributed by atoms with Gasteiger partial charge in [-0.05, 0) is 18.6 Å². The lowest BCUT2D eigenvalue weighted by atomic mass is 10.1. The molecule has 0 spiro atoms. The van der Waals surface area contributed by atoms with E-state index in [0.717, 1.165) is 0 Å². The summed E-state index contributed by atoms with van der Waals surface area (Å²) in [7, 11) is 1.47. The fourth-order valence-corrected chi connectivity index (χ4v) is 2.82. The van der Waals surface area contributed by atoms with E-state index in [1.54, 1.807) is 12.1 Å². The third-order valence-corrected chi connectivity index (χ3v) is 3.75. The maximum Gasteiger partial charge on any atom is 0.319 e. The Morgan fingerprint density at radius 3 is 2.57 bits per heavy atom. The van der Waals surface area contributed by atoms with Gasteiger partial charge in [-0.2, -0.15) is 0 Å². The average Bonchev–Trinajstić information content (AvgIpc) is 2.85. The normalized spacial score (nSPS) is 20.4. The van der Waals surface area contributed by atoms with Gasteiger partial charge >= 0.3 is 6.03 Å². The highest BCUT2D eigenvalue weighted by Crippen LogP contribution is 2.35. The average molecular weight is 331 g/mol. The van der Waals surface area contributed by atoms with E-state index in [4.69, 9.17) is 33.0 Å². The lowest BCUT2D eigenvalue weighted by Gasteiger charge is -2.14. The number of anilines is 1. The zero-order valence-corrected chi connectivity index (χ0v) is 12.9. The summed E-state index contributed by atoms with van der Waals surface area (Å²) in [6.45, 7) is 0.0833. The number of methoxy groups -OCH3 is 1. The Morgan fingerprint density at radius 2 is 2.05 bits per heavy atom. The first kappa shape index (κ1) is 15.9. The number of halogens is 2. The Labute approximate surface area is 132 Å². The van der Waals surface area contributed by atoms with Crippen LogP contribution >= 0.6 is 23.2 Å². The second kappa shape index (κ2) is 7.02. The molecule has 0 bridgehead atoms. The Hall–Kier alpha value is -1.43. The monoisotopic (exact) mass is 330 g/mol. The Kier molecular flexibility index (Phi) is 5.33. The van der Waals surface area contributed by atoms with Crippen LogP contribution in [0, 0.1) is 5.92 Å². The summed E-state index contributed by atoms with van der Waals surface area (Å²) in [5.41, 5.74) is 0.476. The van der Waals surface area contributed by atoms with Gasteiger partial charge in [-0.15, -0.1) is 0 Å². The molecule has 2 rings (SSSR count). The van der Waals surface area contributed by atoms with Gasteiger partial charge in [-0.1, -0.05) is 35.4 Å². The van der Waals surface area contributed by atoms with Crippen LogP contribution in [-0.2, 0) is 0 Å². The SMILES string of the molecule is COc1c(Cl)cc(NC(=O)N[C@@H]2C=C[C@H](CO)C2)cc1Cl. The van der Waals surface area contributed by atoms with Crippen LogP contribution in [0.3, 0.4) is 0 Å². The number of nitrogens with one attached hydrogen (secondary N) is 2. The fourth-order valence-electron chi connectivity index (χ4n) is 2.18. The second-order valence-electron chi connectivity index (χ2n) is 4.74. The van der Waals surface area contributed by atoms with Crippen molar-refractivity contribution in [3.05, 3.63) is 34.3 Å². The molecule has 0 heterocycles. The van der Waals surface area contributed by atoms with Crippen molar-refractivity contribution in [1.29, 1.82) is 0 Å². The van der Waals surface area contributed by atoms with Gasteiger partial charge < -0.3 is 20.5 Å². The molecule has 0 aliphatic heterocycles. The lowest BCUT2D eigenvalue weighted by Crippen LogP contribution is -2.36. The summed E-state index contributed by atoms with van der Waals surface area (Å²) in [6, 6.07) is 2.67. The molecule has 0 radical (unpaired) electrons. The van der Waals surface area contributed by atoms with E-state index in [9.17, 15) is 4.79 Å². The zero-order chi connectivity index (χ0) is 15.4. The standard InChI is InChI=1S/C14H16Cl2N2O3/c1-21-13-11(15)5-10(6-12(13)16)18-14(20)17-9-3-2-8(4-9)7-19/h2-3,5-6,8-9,19H,4,7H2,1H3,(H2,17,18,20)/t8-,9+/m0/s1. The van der Waals surface area contributed by atoms with Crippen molar-refractivity contribution in [1.82, 2.24) is 5.32 Å². The molecule has 5 nitrogen and oxygen atoms in total. The van der Waals surface area contributed by atoms with Crippen molar-refractivity contribution < 1.29 is 14.6 Å². The van der Waals surface area contributed by atoms with Crippen molar-refractivity contribution in [3.8, 4) is 5.75 Å². The Bertz CT molecular complexity index is 540. The van der Waals surface area contributed by atoms with Crippen LogP contribution in [0.15, 0.2) is 24.3 Å². The second-order valence-corrected chi connectivity index (χ2v) is 5.56. The van der Waals surface area contributed by atoms with Gasteiger partial charge in [-0.3, -0.25) is 0 Å². The molecule has 3 N–H and O–H groups in total. The van der Waals surface area contributed by atoms with Crippen molar-refractivity contribution in [2.45, 2.75) is 12.5 Å². The molecule has 2 amide bonds. The van der Waals surface area contributed by atoms with E-state index < -0.39 is 0 Å². The van der Waals surface area contributed by atoms with E-state index in [1.807, 2.05) is 12.2 Å². The molecular weight excluding hydrogens is 315 g/mol. The molecule has 1 aliphatic rings. The van der Waals surface area contributed by atoms with Crippen molar-refractivity contribution >= 4 is 34.9 Å². The van der Waals surface area contributed by atoms with Crippen molar-refractivity contribution in [2.24, 2.45) is 5.92 Å². The van der Waals surface area contributed by atoms with Crippen LogP contribution in [0.2, 0.25) is 10.0 Å². The third-order valence-electron chi connectivity index (χ3n) is 3.18. The number of benzene rings is 1. The quantitative estimate of drug-likeness (QED) is 0.743. The molecule has 0 aromatic heterocycles. The summed E-state index contributed by atoms with van der Waals surface area (Å²) in [5, 5.41) is 15.1. The first-order chi connectivity index (χ1) is 10.0. The predicted octanol–water partition coefficient (Wildman–Crippen LogP) is 3.06. The third kappa shape index (κ3) is 4.03. The van der Waals surface area contributed by atoms with Crippen LogP contribution in [0.25, 0.3) is 0 Å². The number of hydrogen-bond donors (Lipinski definition) is 3. The molecule has 0 saturated carbocycles. The fraction of sp³-hybridized carbons (Fsp3) is 0.357. The maximum absolute atomic E-state index is 11.9. The summed E-state index contributed by atoms with van der Waals surface area (Å²) in [6.07, 6.45) is 4.45. The molecule has 7 heteroatoms. The zero-order valence-electron chi connectivity index (χ0n) is 11.4. The summed E-state index contributed by atoms with van der Waals surface area (Å²) < 4.78 is 5.04. The number of aliphatic hydroxyl groups excluding tert-OH is 1. The summed E-state index contributed by atoms with van der Waals surface area (Å²) in [4.78, 5) is 11.9. The maximum atomic E-state index is 11.9.